The van der Waals surface area contributed by atoms with E-state index in [1.165, 1.54) is 12.1 Å². The quantitative estimate of drug-likeness (QED) is 0.778. The number of ketones is 1. The largest absolute Gasteiger partial charge is 0.508 e. The molecular formula is C9H10BrNO2. The van der Waals surface area contributed by atoms with Gasteiger partial charge in [0.25, 0.3) is 0 Å². The fourth-order valence-electron chi connectivity index (χ4n) is 0.949. The monoisotopic (exact) mass is 243 g/mol. The lowest BCUT2D eigenvalue weighted by Crippen LogP contribution is -2.26. The molecule has 4 heteroatoms. The van der Waals surface area contributed by atoms with E-state index in [9.17, 15) is 4.79 Å². The summed E-state index contributed by atoms with van der Waals surface area (Å²) >= 11 is 3.18. The number of halogens is 1. The molecule has 0 fully saturated rings. The standard InChI is InChI=1S/C9H10BrNO2/c1-5(11)9(13)7-3-2-6(12)4-8(7)10/h2-5,12H,11H2,1H3. The topological polar surface area (TPSA) is 63.3 Å². The number of aromatic hydroxyl groups is 1. The third-order valence-electron chi connectivity index (χ3n) is 1.63. The average Bonchev–Trinajstić information content (AvgIpc) is 2.03. The van der Waals surface area contributed by atoms with Crippen LogP contribution in [0.15, 0.2) is 22.7 Å². The Kier molecular flexibility index (Phi) is 3.06. The van der Waals surface area contributed by atoms with Crippen molar-refractivity contribution < 1.29 is 9.90 Å². The van der Waals surface area contributed by atoms with E-state index in [0.717, 1.165) is 0 Å². The Labute approximate surface area is 84.7 Å². The van der Waals surface area contributed by atoms with E-state index in [-0.39, 0.29) is 11.5 Å². The highest BCUT2D eigenvalue weighted by Gasteiger charge is 2.13. The summed E-state index contributed by atoms with van der Waals surface area (Å²) in [7, 11) is 0. The molecule has 1 aromatic rings. The third-order valence-corrected chi connectivity index (χ3v) is 2.29. The van der Waals surface area contributed by atoms with Crippen molar-refractivity contribution in [2.45, 2.75) is 13.0 Å². The number of Topliss-reactive ketones (excluding diaryl/α,β-unsaturated/α-hetero) is 1. The van der Waals surface area contributed by atoms with Crippen LogP contribution in [-0.2, 0) is 0 Å². The molecule has 0 radical (unpaired) electrons. The van der Waals surface area contributed by atoms with Crippen molar-refractivity contribution in [1.82, 2.24) is 0 Å². The molecule has 3 nitrogen and oxygen atoms in total. The average molecular weight is 244 g/mol. The van der Waals surface area contributed by atoms with Crippen LogP contribution in [0.3, 0.4) is 0 Å². The SMILES string of the molecule is CC(N)C(=O)c1ccc(O)cc1Br. The first-order valence-corrected chi connectivity index (χ1v) is 4.60. The smallest absolute Gasteiger partial charge is 0.180 e. The van der Waals surface area contributed by atoms with Crippen molar-refractivity contribution in [3.63, 3.8) is 0 Å². The van der Waals surface area contributed by atoms with Crippen LogP contribution in [-0.4, -0.2) is 16.9 Å². The molecule has 0 aromatic heterocycles. The second-order valence-corrected chi connectivity index (χ2v) is 3.67. The first-order valence-electron chi connectivity index (χ1n) is 3.80. The lowest BCUT2D eigenvalue weighted by Gasteiger charge is -2.06. The molecule has 70 valence electrons. The molecule has 1 aromatic carbocycles. The van der Waals surface area contributed by atoms with Crippen LogP contribution in [0.2, 0.25) is 0 Å². The molecule has 1 atom stereocenters. The molecule has 0 spiro atoms. The molecule has 0 heterocycles. The fourth-order valence-corrected chi connectivity index (χ4v) is 1.51. The van der Waals surface area contributed by atoms with Crippen LogP contribution in [0.1, 0.15) is 17.3 Å². The molecule has 0 aliphatic rings. The second-order valence-electron chi connectivity index (χ2n) is 2.82. The molecule has 0 aliphatic carbocycles. The molecule has 0 aliphatic heterocycles. The van der Waals surface area contributed by atoms with Crippen LogP contribution < -0.4 is 5.73 Å². The van der Waals surface area contributed by atoms with Gasteiger partial charge in [-0.25, -0.2) is 0 Å². The van der Waals surface area contributed by atoms with E-state index in [0.29, 0.717) is 10.0 Å². The maximum atomic E-state index is 11.4. The number of carbonyl (C=O) groups is 1. The van der Waals surface area contributed by atoms with E-state index in [2.05, 4.69) is 15.9 Å². The fraction of sp³-hybridized carbons (Fsp3) is 0.222. The Morgan fingerprint density at radius 3 is 2.69 bits per heavy atom. The van der Waals surface area contributed by atoms with Gasteiger partial charge in [0.05, 0.1) is 6.04 Å². The van der Waals surface area contributed by atoms with Gasteiger partial charge in [0, 0.05) is 10.0 Å². The number of phenols is 1. The van der Waals surface area contributed by atoms with Crippen LogP contribution in [0.25, 0.3) is 0 Å². The van der Waals surface area contributed by atoms with Gasteiger partial charge in [-0.3, -0.25) is 4.79 Å². The highest BCUT2D eigenvalue weighted by Crippen LogP contribution is 2.22. The summed E-state index contributed by atoms with van der Waals surface area (Å²) in [6.45, 7) is 1.63. The number of hydrogen-bond acceptors (Lipinski definition) is 3. The molecule has 0 saturated heterocycles. The number of hydrogen-bond donors (Lipinski definition) is 2. The molecule has 3 N–H and O–H groups in total. The minimum Gasteiger partial charge on any atom is -0.508 e. The van der Waals surface area contributed by atoms with Gasteiger partial charge >= 0.3 is 0 Å². The Morgan fingerprint density at radius 1 is 1.62 bits per heavy atom. The maximum absolute atomic E-state index is 11.4. The van der Waals surface area contributed by atoms with Crippen LogP contribution in [0, 0.1) is 0 Å². The molecule has 0 saturated carbocycles. The summed E-state index contributed by atoms with van der Waals surface area (Å²) in [4.78, 5) is 11.4. The predicted molar refractivity (Wildman–Crippen MR) is 53.8 cm³/mol. The molecule has 0 amide bonds. The number of rotatable bonds is 2. The molecule has 13 heavy (non-hydrogen) atoms. The Balaban J connectivity index is 3.09. The number of carbonyl (C=O) groups excluding carboxylic acids is 1. The van der Waals surface area contributed by atoms with Crippen molar-refractivity contribution in [1.29, 1.82) is 0 Å². The molecule has 1 rings (SSSR count). The lowest BCUT2D eigenvalue weighted by atomic mass is 10.1. The Hall–Kier alpha value is -0.870. The van der Waals surface area contributed by atoms with E-state index in [4.69, 9.17) is 10.8 Å². The van der Waals surface area contributed by atoms with E-state index >= 15 is 0 Å². The summed E-state index contributed by atoms with van der Waals surface area (Å²) in [5.74, 6) is -0.0278. The van der Waals surface area contributed by atoms with Crippen LogP contribution >= 0.6 is 15.9 Å². The highest BCUT2D eigenvalue weighted by atomic mass is 79.9. The zero-order valence-corrected chi connectivity index (χ0v) is 8.71. The minimum atomic E-state index is -0.527. The van der Waals surface area contributed by atoms with Gasteiger partial charge < -0.3 is 10.8 Å². The summed E-state index contributed by atoms with van der Waals surface area (Å²) < 4.78 is 0.565. The molecule has 0 bridgehead atoms. The predicted octanol–water partition coefficient (Wildman–Crippen LogP) is 1.68. The molecular weight excluding hydrogens is 234 g/mol. The Bertz CT molecular complexity index is 336. The number of nitrogens with two attached hydrogens (primary N) is 1. The van der Waals surface area contributed by atoms with Crippen molar-refractivity contribution in [2.75, 3.05) is 0 Å². The van der Waals surface area contributed by atoms with Crippen molar-refractivity contribution in [2.24, 2.45) is 5.73 Å². The Morgan fingerprint density at radius 2 is 2.23 bits per heavy atom. The van der Waals surface area contributed by atoms with Gasteiger partial charge in [0.15, 0.2) is 5.78 Å². The summed E-state index contributed by atoms with van der Waals surface area (Å²) in [5, 5.41) is 9.09. The molecule has 1 unspecified atom stereocenters. The zero-order valence-electron chi connectivity index (χ0n) is 7.12. The van der Waals surface area contributed by atoms with Crippen LogP contribution in [0.4, 0.5) is 0 Å². The minimum absolute atomic E-state index is 0.119. The third kappa shape index (κ3) is 2.29. The first-order chi connectivity index (χ1) is 6.02. The van der Waals surface area contributed by atoms with Gasteiger partial charge in [0.2, 0.25) is 0 Å². The van der Waals surface area contributed by atoms with E-state index < -0.39 is 6.04 Å². The second kappa shape index (κ2) is 3.89. The summed E-state index contributed by atoms with van der Waals surface area (Å²) in [5.41, 5.74) is 5.94. The maximum Gasteiger partial charge on any atom is 0.180 e. The summed E-state index contributed by atoms with van der Waals surface area (Å²) in [6.07, 6.45) is 0. The van der Waals surface area contributed by atoms with Crippen molar-refractivity contribution in [3.05, 3.63) is 28.2 Å². The first kappa shape index (κ1) is 10.2. The van der Waals surface area contributed by atoms with Crippen molar-refractivity contribution >= 4 is 21.7 Å². The van der Waals surface area contributed by atoms with Crippen molar-refractivity contribution in [3.8, 4) is 5.75 Å². The number of phenolic OH excluding ortho intramolecular Hbond substituents is 1. The van der Waals surface area contributed by atoms with E-state index in [1.807, 2.05) is 0 Å². The van der Waals surface area contributed by atoms with Gasteiger partial charge in [-0.1, -0.05) is 0 Å². The summed E-state index contributed by atoms with van der Waals surface area (Å²) in [6, 6.07) is 3.95. The van der Waals surface area contributed by atoms with Gasteiger partial charge in [-0.2, -0.15) is 0 Å². The van der Waals surface area contributed by atoms with Gasteiger partial charge in [-0.15, -0.1) is 0 Å². The van der Waals surface area contributed by atoms with Gasteiger partial charge in [-0.05, 0) is 41.1 Å². The zero-order chi connectivity index (χ0) is 10.0. The lowest BCUT2D eigenvalue weighted by molar-refractivity contribution is 0.0967. The number of benzene rings is 1. The normalized spacial score (nSPS) is 12.5. The van der Waals surface area contributed by atoms with Crippen LogP contribution in [0.5, 0.6) is 5.75 Å². The van der Waals surface area contributed by atoms with Gasteiger partial charge in [0.1, 0.15) is 5.75 Å². The van der Waals surface area contributed by atoms with E-state index in [1.54, 1.807) is 13.0 Å². The highest BCUT2D eigenvalue weighted by molar-refractivity contribution is 9.10.